The molecule has 0 aromatic heterocycles. The van der Waals surface area contributed by atoms with E-state index in [9.17, 15) is 4.79 Å². The normalized spacial score (nSPS) is 10.3. The highest BCUT2D eigenvalue weighted by atomic mass is 79.9. The molecule has 0 bridgehead atoms. The molecular weight excluding hydrogens is 394 g/mol. The Labute approximate surface area is 155 Å². The average Bonchev–Trinajstić information content (AvgIpc) is 2.58. The molecule has 0 radical (unpaired) electrons. The SMILES string of the molecule is CCCCOc1ccc(OC)cc1NC(=O)c1cc(Cl)ccc1Br. The molecule has 128 valence electrons. The highest BCUT2D eigenvalue weighted by Gasteiger charge is 2.14. The number of benzene rings is 2. The second kappa shape index (κ2) is 8.94. The van der Waals surface area contributed by atoms with E-state index in [2.05, 4.69) is 28.2 Å². The van der Waals surface area contributed by atoms with Crippen LogP contribution in [-0.2, 0) is 0 Å². The van der Waals surface area contributed by atoms with E-state index >= 15 is 0 Å². The minimum absolute atomic E-state index is 0.280. The Morgan fingerprint density at radius 1 is 1.25 bits per heavy atom. The van der Waals surface area contributed by atoms with Gasteiger partial charge in [-0.3, -0.25) is 4.79 Å². The lowest BCUT2D eigenvalue weighted by atomic mass is 10.2. The van der Waals surface area contributed by atoms with Gasteiger partial charge in [-0.1, -0.05) is 24.9 Å². The van der Waals surface area contributed by atoms with Crippen LogP contribution in [0.3, 0.4) is 0 Å². The van der Waals surface area contributed by atoms with Gasteiger partial charge in [0, 0.05) is 15.6 Å². The van der Waals surface area contributed by atoms with Crippen molar-refractivity contribution in [3.8, 4) is 11.5 Å². The molecule has 0 heterocycles. The molecule has 1 amide bonds. The van der Waals surface area contributed by atoms with Crippen molar-refractivity contribution in [2.45, 2.75) is 19.8 Å². The Morgan fingerprint density at radius 3 is 2.75 bits per heavy atom. The standard InChI is InChI=1S/C18H19BrClNO3/c1-3-4-9-24-17-8-6-13(23-2)11-16(17)21-18(22)14-10-12(20)5-7-15(14)19/h5-8,10-11H,3-4,9H2,1-2H3,(H,21,22). The number of carbonyl (C=O) groups excluding carboxylic acids is 1. The molecule has 6 heteroatoms. The van der Waals surface area contributed by atoms with Gasteiger partial charge in [0.2, 0.25) is 0 Å². The van der Waals surface area contributed by atoms with Gasteiger partial charge in [-0.15, -0.1) is 0 Å². The van der Waals surface area contributed by atoms with E-state index in [0.717, 1.165) is 12.8 Å². The Kier molecular flexibility index (Phi) is 6.94. The van der Waals surface area contributed by atoms with E-state index in [0.29, 0.717) is 38.9 Å². The molecule has 0 aliphatic rings. The lowest BCUT2D eigenvalue weighted by Crippen LogP contribution is -2.14. The third-order valence-corrected chi connectivity index (χ3v) is 4.29. The summed E-state index contributed by atoms with van der Waals surface area (Å²) in [6.45, 7) is 2.68. The van der Waals surface area contributed by atoms with Crippen molar-refractivity contribution in [2.24, 2.45) is 0 Å². The average molecular weight is 413 g/mol. The summed E-state index contributed by atoms with van der Waals surface area (Å²) >= 11 is 9.35. The highest BCUT2D eigenvalue weighted by molar-refractivity contribution is 9.10. The van der Waals surface area contributed by atoms with Crippen molar-refractivity contribution in [3.63, 3.8) is 0 Å². The molecular formula is C18H19BrClNO3. The molecule has 4 nitrogen and oxygen atoms in total. The van der Waals surface area contributed by atoms with E-state index < -0.39 is 0 Å². The first-order chi connectivity index (χ1) is 11.5. The van der Waals surface area contributed by atoms with Gasteiger partial charge < -0.3 is 14.8 Å². The minimum atomic E-state index is -0.280. The number of hydrogen-bond donors (Lipinski definition) is 1. The second-order valence-electron chi connectivity index (χ2n) is 5.14. The molecule has 0 aliphatic carbocycles. The fourth-order valence-electron chi connectivity index (χ4n) is 2.05. The van der Waals surface area contributed by atoms with Gasteiger partial charge in [0.25, 0.3) is 5.91 Å². The topological polar surface area (TPSA) is 47.6 Å². The lowest BCUT2D eigenvalue weighted by molar-refractivity contribution is 0.102. The Hall–Kier alpha value is -1.72. The zero-order valence-corrected chi connectivity index (χ0v) is 15.9. The zero-order valence-electron chi connectivity index (χ0n) is 13.6. The fraction of sp³-hybridized carbons (Fsp3) is 0.278. The van der Waals surface area contributed by atoms with E-state index in [1.165, 1.54) is 0 Å². The molecule has 2 rings (SSSR count). The predicted molar refractivity (Wildman–Crippen MR) is 101 cm³/mol. The molecule has 0 saturated carbocycles. The van der Waals surface area contributed by atoms with Crippen molar-refractivity contribution in [3.05, 3.63) is 51.5 Å². The number of hydrogen-bond acceptors (Lipinski definition) is 3. The fourth-order valence-corrected chi connectivity index (χ4v) is 2.65. The summed E-state index contributed by atoms with van der Waals surface area (Å²) in [5.74, 6) is 0.965. The monoisotopic (exact) mass is 411 g/mol. The Bertz CT molecular complexity index is 721. The second-order valence-corrected chi connectivity index (χ2v) is 6.43. The van der Waals surface area contributed by atoms with Crippen LogP contribution in [0.5, 0.6) is 11.5 Å². The van der Waals surface area contributed by atoms with Crippen molar-refractivity contribution in [1.82, 2.24) is 0 Å². The van der Waals surface area contributed by atoms with Gasteiger partial charge in [0.15, 0.2) is 0 Å². The van der Waals surface area contributed by atoms with E-state index in [1.54, 1.807) is 43.5 Å². The maximum Gasteiger partial charge on any atom is 0.256 e. The first-order valence-electron chi connectivity index (χ1n) is 7.62. The van der Waals surface area contributed by atoms with Crippen LogP contribution < -0.4 is 14.8 Å². The van der Waals surface area contributed by atoms with Gasteiger partial charge in [0.1, 0.15) is 11.5 Å². The van der Waals surface area contributed by atoms with Crippen LogP contribution in [0.2, 0.25) is 5.02 Å². The number of rotatable bonds is 7. The summed E-state index contributed by atoms with van der Waals surface area (Å²) < 4.78 is 11.7. The van der Waals surface area contributed by atoms with Gasteiger partial charge in [-0.25, -0.2) is 0 Å². The van der Waals surface area contributed by atoms with Crippen molar-refractivity contribution in [2.75, 3.05) is 19.0 Å². The number of halogens is 2. The summed E-state index contributed by atoms with van der Waals surface area (Å²) in [6, 6.07) is 10.4. The summed E-state index contributed by atoms with van der Waals surface area (Å²) in [4.78, 5) is 12.6. The number of ether oxygens (including phenoxy) is 2. The van der Waals surface area contributed by atoms with Gasteiger partial charge in [-0.2, -0.15) is 0 Å². The maximum absolute atomic E-state index is 12.6. The highest BCUT2D eigenvalue weighted by Crippen LogP contribution is 2.31. The predicted octanol–water partition coefficient (Wildman–Crippen LogP) is 5.54. The van der Waals surface area contributed by atoms with Crippen LogP contribution in [0, 0.1) is 0 Å². The van der Waals surface area contributed by atoms with Crippen molar-refractivity contribution < 1.29 is 14.3 Å². The summed E-state index contributed by atoms with van der Waals surface area (Å²) in [6.07, 6.45) is 1.98. The van der Waals surface area contributed by atoms with Gasteiger partial charge in [-0.05, 0) is 52.7 Å². The molecule has 2 aromatic rings. The smallest absolute Gasteiger partial charge is 0.256 e. The van der Waals surface area contributed by atoms with Crippen molar-refractivity contribution >= 4 is 39.1 Å². The number of anilines is 1. The summed E-state index contributed by atoms with van der Waals surface area (Å²) in [5, 5.41) is 3.36. The quantitative estimate of drug-likeness (QED) is 0.607. The molecule has 0 saturated heterocycles. The lowest BCUT2D eigenvalue weighted by Gasteiger charge is -2.14. The van der Waals surface area contributed by atoms with Crippen LogP contribution in [0.25, 0.3) is 0 Å². The zero-order chi connectivity index (χ0) is 17.5. The number of amides is 1. The molecule has 1 N–H and O–H groups in total. The molecule has 0 spiro atoms. The molecule has 0 fully saturated rings. The van der Waals surface area contributed by atoms with E-state index in [-0.39, 0.29) is 5.91 Å². The number of carbonyl (C=O) groups is 1. The molecule has 24 heavy (non-hydrogen) atoms. The van der Waals surface area contributed by atoms with Crippen LogP contribution in [0.4, 0.5) is 5.69 Å². The van der Waals surface area contributed by atoms with Crippen LogP contribution in [0.15, 0.2) is 40.9 Å². The Morgan fingerprint density at radius 2 is 2.04 bits per heavy atom. The maximum atomic E-state index is 12.6. The Balaban J connectivity index is 2.25. The van der Waals surface area contributed by atoms with Gasteiger partial charge >= 0.3 is 0 Å². The largest absolute Gasteiger partial charge is 0.497 e. The van der Waals surface area contributed by atoms with Crippen molar-refractivity contribution in [1.29, 1.82) is 0 Å². The minimum Gasteiger partial charge on any atom is -0.497 e. The van der Waals surface area contributed by atoms with Crippen LogP contribution >= 0.6 is 27.5 Å². The summed E-state index contributed by atoms with van der Waals surface area (Å²) in [7, 11) is 1.58. The molecule has 2 aromatic carbocycles. The number of unbranched alkanes of at least 4 members (excludes halogenated alkanes) is 1. The number of methoxy groups -OCH3 is 1. The van der Waals surface area contributed by atoms with Crippen LogP contribution in [0.1, 0.15) is 30.1 Å². The van der Waals surface area contributed by atoms with E-state index in [1.807, 2.05) is 0 Å². The first kappa shape index (κ1) is 18.6. The third-order valence-electron chi connectivity index (χ3n) is 3.36. The molecule has 0 unspecified atom stereocenters. The third kappa shape index (κ3) is 4.89. The summed E-state index contributed by atoms with van der Waals surface area (Å²) in [5.41, 5.74) is 1.01. The number of nitrogens with one attached hydrogen (secondary N) is 1. The first-order valence-corrected chi connectivity index (χ1v) is 8.79. The van der Waals surface area contributed by atoms with E-state index in [4.69, 9.17) is 21.1 Å². The van der Waals surface area contributed by atoms with Gasteiger partial charge in [0.05, 0.1) is 25.0 Å². The molecule has 0 atom stereocenters. The van der Waals surface area contributed by atoms with Crippen LogP contribution in [-0.4, -0.2) is 19.6 Å². The molecule has 0 aliphatic heterocycles.